The number of non-ortho nitro benzene ring substituents is 1. The number of imidazole rings is 1. The van der Waals surface area contributed by atoms with Crippen molar-refractivity contribution < 1.29 is 4.92 Å². The van der Waals surface area contributed by atoms with Gasteiger partial charge in [0.25, 0.3) is 11.2 Å². The van der Waals surface area contributed by atoms with Crippen LogP contribution in [0, 0.1) is 10.1 Å². The van der Waals surface area contributed by atoms with E-state index < -0.39 is 4.92 Å². The van der Waals surface area contributed by atoms with Crippen LogP contribution >= 0.6 is 11.6 Å². The van der Waals surface area contributed by atoms with Crippen molar-refractivity contribution in [1.29, 1.82) is 0 Å². The molecule has 0 aliphatic carbocycles. The van der Waals surface area contributed by atoms with Gasteiger partial charge in [0.15, 0.2) is 5.52 Å². The Labute approximate surface area is 144 Å². The summed E-state index contributed by atoms with van der Waals surface area (Å²) in [5.41, 5.74) is 0.537. The molecule has 0 saturated heterocycles. The van der Waals surface area contributed by atoms with Gasteiger partial charge in [0.1, 0.15) is 5.65 Å². The summed E-state index contributed by atoms with van der Waals surface area (Å²) in [6, 6.07) is 13.5. The summed E-state index contributed by atoms with van der Waals surface area (Å²) in [5, 5.41) is 14.7. The summed E-state index contributed by atoms with van der Waals surface area (Å²) in [7, 11) is 0. The molecular formula is C18H8ClN3O3. The van der Waals surface area contributed by atoms with Crippen LogP contribution in [0.1, 0.15) is 0 Å². The highest BCUT2D eigenvalue weighted by atomic mass is 35.5. The first-order valence-corrected chi connectivity index (χ1v) is 7.88. The van der Waals surface area contributed by atoms with Gasteiger partial charge < -0.3 is 0 Å². The first kappa shape index (κ1) is 14.1. The fourth-order valence-corrected chi connectivity index (χ4v) is 3.71. The number of hydrogen-bond donors (Lipinski definition) is 0. The summed E-state index contributed by atoms with van der Waals surface area (Å²) in [6.07, 6.45) is 0. The van der Waals surface area contributed by atoms with Gasteiger partial charge in [0, 0.05) is 32.6 Å². The van der Waals surface area contributed by atoms with E-state index in [1.54, 1.807) is 24.3 Å². The van der Waals surface area contributed by atoms with Crippen LogP contribution in [0.15, 0.2) is 53.3 Å². The smallest absolute Gasteiger partial charge is 0.268 e. The van der Waals surface area contributed by atoms with Crippen LogP contribution in [0.3, 0.4) is 0 Å². The SMILES string of the molecule is O=c1c2ccc(Cl)c3cccc(c32)c2nc3cccc([N+](=O)[O-])c3n12. The molecule has 6 nitrogen and oxygen atoms in total. The molecule has 5 aromatic rings. The van der Waals surface area contributed by atoms with E-state index in [9.17, 15) is 14.9 Å². The predicted molar refractivity (Wildman–Crippen MR) is 96.8 cm³/mol. The normalized spacial score (nSPS) is 11.9. The molecule has 0 atom stereocenters. The lowest BCUT2D eigenvalue weighted by Crippen LogP contribution is -2.13. The maximum atomic E-state index is 13.1. The second-order valence-corrected chi connectivity index (χ2v) is 6.21. The van der Waals surface area contributed by atoms with Crippen molar-refractivity contribution >= 4 is 55.5 Å². The van der Waals surface area contributed by atoms with Crippen molar-refractivity contribution in [2.45, 2.75) is 0 Å². The second kappa shape index (κ2) is 4.64. The Balaban J connectivity index is 2.20. The van der Waals surface area contributed by atoms with Gasteiger partial charge in [-0.2, -0.15) is 0 Å². The van der Waals surface area contributed by atoms with Crippen LogP contribution in [0.5, 0.6) is 0 Å². The standard InChI is InChI=1S/C18H8ClN3O3/c19-12-8-7-11-15-9(12)3-1-4-10(15)17-20-13-5-2-6-14(22(24)25)16(13)21(17)18(11)23/h1-8H. The van der Waals surface area contributed by atoms with Crippen molar-refractivity contribution in [2.24, 2.45) is 0 Å². The van der Waals surface area contributed by atoms with E-state index in [0.29, 0.717) is 21.6 Å². The average molecular weight is 350 g/mol. The summed E-state index contributed by atoms with van der Waals surface area (Å²) in [4.78, 5) is 28.5. The Morgan fingerprint density at radius 3 is 2.56 bits per heavy atom. The number of nitro benzene ring substituents is 1. The molecule has 3 aromatic carbocycles. The van der Waals surface area contributed by atoms with Crippen LogP contribution in [0.4, 0.5) is 5.69 Å². The lowest BCUT2D eigenvalue weighted by molar-refractivity contribution is -0.383. The minimum Gasteiger partial charge on any atom is -0.268 e. The highest BCUT2D eigenvalue weighted by molar-refractivity contribution is 6.37. The van der Waals surface area contributed by atoms with Gasteiger partial charge in [-0.25, -0.2) is 4.98 Å². The molecule has 0 radical (unpaired) electrons. The number of rotatable bonds is 1. The lowest BCUT2D eigenvalue weighted by atomic mass is 10.0. The van der Waals surface area contributed by atoms with Crippen molar-refractivity contribution in [3.63, 3.8) is 0 Å². The molecule has 0 bridgehead atoms. The lowest BCUT2D eigenvalue weighted by Gasteiger charge is -2.08. The average Bonchev–Trinajstić information content (AvgIpc) is 3.00. The van der Waals surface area contributed by atoms with Crippen LogP contribution < -0.4 is 5.56 Å². The number of nitrogens with zero attached hydrogens (tertiary/aromatic N) is 3. The molecule has 0 spiro atoms. The number of hydrogen-bond acceptors (Lipinski definition) is 4. The van der Waals surface area contributed by atoms with Gasteiger partial charge in [-0.15, -0.1) is 0 Å². The third kappa shape index (κ3) is 1.69. The van der Waals surface area contributed by atoms with Gasteiger partial charge in [0.05, 0.1) is 10.4 Å². The molecule has 0 aliphatic rings. The molecule has 120 valence electrons. The van der Waals surface area contributed by atoms with E-state index in [1.165, 1.54) is 10.5 Å². The molecule has 25 heavy (non-hydrogen) atoms. The van der Waals surface area contributed by atoms with Crippen molar-refractivity contribution in [2.75, 3.05) is 0 Å². The summed E-state index contributed by atoms with van der Waals surface area (Å²) < 4.78 is 1.33. The van der Waals surface area contributed by atoms with Gasteiger partial charge in [0.2, 0.25) is 0 Å². The first-order valence-electron chi connectivity index (χ1n) is 7.50. The minimum absolute atomic E-state index is 0.144. The third-order valence-electron chi connectivity index (χ3n) is 4.51. The Bertz CT molecular complexity index is 1410. The predicted octanol–water partition coefficient (Wildman–Crippen LogP) is 4.15. The largest absolute Gasteiger partial charge is 0.295 e. The molecule has 0 unspecified atom stereocenters. The molecule has 0 fully saturated rings. The van der Waals surface area contributed by atoms with Gasteiger partial charge >= 0.3 is 0 Å². The topological polar surface area (TPSA) is 77.5 Å². The molecule has 0 aliphatic heterocycles. The fourth-order valence-electron chi connectivity index (χ4n) is 3.49. The van der Waals surface area contributed by atoms with E-state index in [1.807, 2.05) is 18.2 Å². The maximum Gasteiger partial charge on any atom is 0.295 e. The van der Waals surface area contributed by atoms with Gasteiger partial charge in [-0.3, -0.25) is 19.3 Å². The van der Waals surface area contributed by atoms with Gasteiger partial charge in [-0.05, 0) is 18.2 Å². The van der Waals surface area contributed by atoms with Crippen LogP contribution in [0.2, 0.25) is 5.02 Å². The highest BCUT2D eigenvalue weighted by Gasteiger charge is 2.22. The van der Waals surface area contributed by atoms with E-state index in [2.05, 4.69) is 4.98 Å². The fraction of sp³-hybridized carbons (Fsp3) is 0. The minimum atomic E-state index is -0.497. The first-order chi connectivity index (χ1) is 12.1. The van der Waals surface area contributed by atoms with E-state index in [4.69, 9.17) is 11.6 Å². The molecule has 5 rings (SSSR count). The van der Waals surface area contributed by atoms with E-state index >= 15 is 0 Å². The zero-order chi connectivity index (χ0) is 17.3. The summed E-state index contributed by atoms with van der Waals surface area (Å²) in [6.45, 7) is 0. The number of halogens is 1. The summed E-state index contributed by atoms with van der Waals surface area (Å²) >= 11 is 6.27. The maximum absolute atomic E-state index is 13.1. The van der Waals surface area contributed by atoms with E-state index in [0.717, 1.165) is 16.2 Å². The highest BCUT2D eigenvalue weighted by Crippen LogP contribution is 2.34. The van der Waals surface area contributed by atoms with Crippen LogP contribution in [0.25, 0.3) is 38.2 Å². The zero-order valence-corrected chi connectivity index (χ0v) is 13.3. The molecule has 0 saturated carbocycles. The molecule has 7 heteroatoms. The number of fused-ring (bicyclic) bond motifs is 4. The third-order valence-corrected chi connectivity index (χ3v) is 4.84. The van der Waals surface area contributed by atoms with Crippen LogP contribution in [-0.2, 0) is 0 Å². The number of benzene rings is 3. The van der Waals surface area contributed by atoms with Crippen molar-refractivity contribution in [3.05, 3.63) is 74.0 Å². The molecule has 0 amide bonds. The second-order valence-electron chi connectivity index (χ2n) is 5.80. The molecule has 2 aromatic heterocycles. The van der Waals surface area contributed by atoms with Gasteiger partial charge in [-0.1, -0.05) is 35.9 Å². The monoisotopic (exact) mass is 349 g/mol. The number of para-hydroxylation sites is 1. The molecule has 0 N–H and O–H groups in total. The molecule has 2 heterocycles. The zero-order valence-electron chi connectivity index (χ0n) is 12.6. The molecular weight excluding hydrogens is 342 g/mol. The van der Waals surface area contributed by atoms with Crippen molar-refractivity contribution in [3.8, 4) is 0 Å². The Morgan fingerprint density at radius 1 is 1.00 bits per heavy atom. The Kier molecular flexibility index (Phi) is 2.62. The van der Waals surface area contributed by atoms with Crippen molar-refractivity contribution in [1.82, 2.24) is 9.38 Å². The summed E-state index contributed by atoms with van der Waals surface area (Å²) in [5.74, 6) is 0. The van der Waals surface area contributed by atoms with Crippen LogP contribution in [-0.4, -0.2) is 14.3 Å². The Morgan fingerprint density at radius 2 is 1.76 bits per heavy atom. The Hall–Kier alpha value is -3.25. The van der Waals surface area contributed by atoms with E-state index in [-0.39, 0.29) is 16.8 Å². The number of nitro groups is 1. The quantitative estimate of drug-likeness (QED) is 0.336. The number of aromatic nitrogens is 2. The number of pyridine rings is 1.